The van der Waals surface area contributed by atoms with Crippen LogP contribution in [0.25, 0.3) is 122 Å². The Morgan fingerprint density at radius 3 is 1.68 bits per heavy atom. The largest absolute Gasteiger partial charge is 0.454 e. The average molecular weight is 831 g/mol. The third-order valence-electron chi connectivity index (χ3n) is 12.6. The van der Waals surface area contributed by atoms with E-state index in [4.69, 9.17) is 19.4 Å². The first kappa shape index (κ1) is 36.5. The van der Waals surface area contributed by atoms with Gasteiger partial charge in [-0.25, -0.2) is 15.0 Å². The lowest BCUT2D eigenvalue weighted by Gasteiger charge is -2.13. The molecule has 13 rings (SSSR count). The molecule has 7 heteroatoms. The summed E-state index contributed by atoms with van der Waals surface area (Å²) in [6.07, 6.45) is 0. The van der Waals surface area contributed by atoms with Gasteiger partial charge in [-0.3, -0.25) is 0 Å². The summed E-state index contributed by atoms with van der Waals surface area (Å²) in [5.74, 6) is 1.57. The third-order valence-corrected chi connectivity index (χ3v) is 12.6. The van der Waals surface area contributed by atoms with Gasteiger partial charge < -0.3 is 13.6 Å². The molecule has 0 aliphatic heterocycles. The van der Waals surface area contributed by atoms with E-state index in [2.05, 4.69) is 130 Å². The molecule has 65 heavy (non-hydrogen) atoms. The van der Waals surface area contributed by atoms with Gasteiger partial charge in [0.2, 0.25) is 0 Å². The number of benzene rings is 9. The number of nitrogens with zero attached hydrogens (tertiary/aromatic N) is 6. The minimum Gasteiger partial charge on any atom is -0.454 e. The summed E-state index contributed by atoms with van der Waals surface area (Å²) < 4.78 is 11.5. The predicted molar refractivity (Wildman–Crippen MR) is 262 cm³/mol. The summed E-state index contributed by atoms with van der Waals surface area (Å²) in [7, 11) is 0. The van der Waals surface area contributed by atoms with E-state index in [0.717, 1.165) is 93.8 Å². The van der Waals surface area contributed by atoms with Crippen molar-refractivity contribution in [2.45, 2.75) is 0 Å². The first-order valence-electron chi connectivity index (χ1n) is 21.6. The number of nitriles is 1. The van der Waals surface area contributed by atoms with Crippen LogP contribution in [0.1, 0.15) is 5.56 Å². The molecular formula is C58H34N6O. The van der Waals surface area contributed by atoms with Crippen LogP contribution in [-0.2, 0) is 0 Å². The average Bonchev–Trinajstić information content (AvgIpc) is 4.03. The first-order valence-corrected chi connectivity index (χ1v) is 21.6. The number of hydrogen-bond acceptors (Lipinski definition) is 5. The van der Waals surface area contributed by atoms with Crippen molar-refractivity contribution in [3.63, 3.8) is 0 Å². The van der Waals surface area contributed by atoms with Gasteiger partial charge in [-0.2, -0.15) is 5.26 Å². The first-order chi connectivity index (χ1) is 32.2. The van der Waals surface area contributed by atoms with E-state index in [0.29, 0.717) is 28.6 Å². The number of para-hydroxylation sites is 3. The smallest absolute Gasteiger partial charge is 0.164 e. The molecule has 4 aromatic heterocycles. The maximum absolute atomic E-state index is 11.0. The molecule has 0 saturated heterocycles. The van der Waals surface area contributed by atoms with E-state index in [-0.39, 0.29) is 0 Å². The van der Waals surface area contributed by atoms with Gasteiger partial charge in [0.25, 0.3) is 0 Å². The van der Waals surface area contributed by atoms with E-state index in [1.165, 1.54) is 5.39 Å². The van der Waals surface area contributed by atoms with Gasteiger partial charge in [0.15, 0.2) is 23.1 Å². The number of hydrogen-bond donors (Lipinski definition) is 0. The molecule has 4 heterocycles. The lowest BCUT2D eigenvalue weighted by molar-refractivity contribution is 0.671. The molecule has 302 valence electrons. The zero-order valence-corrected chi connectivity index (χ0v) is 34.7. The highest BCUT2D eigenvalue weighted by Gasteiger charge is 2.23. The zero-order chi connectivity index (χ0) is 43.0. The monoisotopic (exact) mass is 830 g/mol. The minimum absolute atomic E-state index is 0.474. The van der Waals surface area contributed by atoms with E-state index >= 15 is 0 Å². The Labute approximate surface area is 372 Å². The van der Waals surface area contributed by atoms with Crippen molar-refractivity contribution in [1.82, 2.24) is 24.1 Å². The van der Waals surface area contributed by atoms with Crippen LogP contribution in [0, 0.1) is 11.3 Å². The molecule has 0 fully saturated rings. The molecule has 0 radical (unpaired) electrons. The van der Waals surface area contributed by atoms with Crippen LogP contribution in [0.5, 0.6) is 0 Å². The maximum Gasteiger partial charge on any atom is 0.164 e. The van der Waals surface area contributed by atoms with Crippen molar-refractivity contribution < 1.29 is 4.42 Å². The van der Waals surface area contributed by atoms with Crippen molar-refractivity contribution >= 4 is 65.6 Å². The fraction of sp³-hybridized carbons (Fsp3) is 0. The Bertz CT molecular complexity index is 4070. The number of fused-ring (bicyclic) bond motifs is 10. The van der Waals surface area contributed by atoms with Crippen LogP contribution in [0.15, 0.2) is 211 Å². The molecule has 0 saturated carbocycles. The molecule has 13 aromatic rings. The van der Waals surface area contributed by atoms with Crippen molar-refractivity contribution in [3.8, 4) is 62.7 Å². The SMILES string of the molecule is N#Cc1cc(-c2nc(-c3ccccc3)nc(-c3cccc(-c4ccccc4)c3)n2)ccc1-n1c2ccccc2c2ccc3c4cc5c6ccccc6n(-c6ccccc6)c5cc4oc3c21. The summed E-state index contributed by atoms with van der Waals surface area (Å²) in [6, 6.07) is 73.1. The van der Waals surface area contributed by atoms with Gasteiger partial charge in [-0.1, -0.05) is 140 Å². The van der Waals surface area contributed by atoms with Gasteiger partial charge in [0.05, 0.1) is 33.3 Å². The Hall–Kier alpha value is -9.12. The van der Waals surface area contributed by atoms with Crippen LogP contribution in [0.4, 0.5) is 0 Å². The van der Waals surface area contributed by atoms with Crippen LogP contribution in [-0.4, -0.2) is 24.1 Å². The van der Waals surface area contributed by atoms with Crippen LogP contribution >= 0.6 is 0 Å². The second-order valence-electron chi connectivity index (χ2n) is 16.3. The molecule has 7 nitrogen and oxygen atoms in total. The van der Waals surface area contributed by atoms with Crippen molar-refractivity contribution in [2.24, 2.45) is 0 Å². The van der Waals surface area contributed by atoms with E-state index in [1.807, 2.05) is 91.0 Å². The molecule has 0 unspecified atom stereocenters. The second-order valence-corrected chi connectivity index (χ2v) is 16.3. The summed E-state index contributed by atoms with van der Waals surface area (Å²) in [6.45, 7) is 0. The highest BCUT2D eigenvalue weighted by molar-refractivity contribution is 6.24. The topological polar surface area (TPSA) is 85.5 Å². The van der Waals surface area contributed by atoms with Gasteiger partial charge in [0.1, 0.15) is 11.7 Å². The third kappa shape index (κ3) is 5.78. The number of rotatable bonds is 6. The number of furan rings is 1. The fourth-order valence-electron chi connectivity index (χ4n) is 9.63. The van der Waals surface area contributed by atoms with E-state index < -0.39 is 0 Å². The second kappa shape index (κ2) is 14.5. The van der Waals surface area contributed by atoms with Crippen molar-refractivity contribution in [1.29, 1.82) is 5.26 Å². The standard InChI is InChI=1S/C58H34N6O/c59-35-41-32-40(58-61-56(37-17-6-2-7-18-37)60-57(62-58)39-20-14-19-38(31-39)36-15-4-1-5-16-36)27-30-49(41)64-51-26-13-10-23-43(51)45-28-29-46-48-33-47-44-24-11-12-25-50(44)63(42-21-8-3-9-22-42)52(47)34-53(48)65-55(46)54(45)64/h1-34H. The maximum atomic E-state index is 11.0. The summed E-state index contributed by atoms with van der Waals surface area (Å²) >= 11 is 0. The molecular weight excluding hydrogens is 797 g/mol. The fourth-order valence-corrected chi connectivity index (χ4v) is 9.63. The Balaban J connectivity index is 1.01. The lowest BCUT2D eigenvalue weighted by atomic mass is 10.0. The molecule has 0 bridgehead atoms. The predicted octanol–water partition coefficient (Wildman–Crippen LogP) is 14.5. The van der Waals surface area contributed by atoms with Crippen molar-refractivity contribution in [2.75, 3.05) is 0 Å². The Morgan fingerprint density at radius 2 is 0.954 bits per heavy atom. The Kier molecular flexibility index (Phi) is 8.14. The molecule has 0 aliphatic carbocycles. The molecule has 0 spiro atoms. The molecule has 0 atom stereocenters. The molecule has 0 amide bonds. The van der Waals surface area contributed by atoms with Crippen LogP contribution < -0.4 is 0 Å². The summed E-state index contributed by atoms with van der Waals surface area (Å²) in [5, 5.41) is 17.5. The highest BCUT2D eigenvalue weighted by Crippen LogP contribution is 2.44. The number of aromatic nitrogens is 5. The molecule has 0 N–H and O–H groups in total. The van der Waals surface area contributed by atoms with Crippen molar-refractivity contribution in [3.05, 3.63) is 212 Å². The quantitative estimate of drug-likeness (QED) is 0.167. The molecule has 0 aliphatic rings. The lowest BCUT2D eigenvalue weighted by Crippen LogP contribution is -2.02. The summed E-state index contributed by atoms with van der Waals surface area (Å²) in [4.78, 5) is 15.1. The highest BCUT2D eigenvalue weighted by atomic mass is 16.3. The molecule has 9 aromatic carbocycles. The van der Waals surface area contributed by atoms with E-state index in [9.17, 15) is 5.26 Å². The van der Waals surface area contributed by atoms with Gasteiger partial charge in [-0.05, 0) is 71.8 Å². The normalized spacial score (nSPS) is 11.7. The Morgan fingerprint density at radius 1 is 0.385 bits per heavy atom. The zero-order valence-electron chi connectivity index (χ0n) is 34.7. The van der Waals surface area contributed by atoms with E-state index in [1.54, 1.807) is 0 Å². The van der Waals surface area contributed by atoms with Crippen LogP contribution in [0.2, 0.25) is 0 Å². The van der Waals surface area contributed by atoms with Crippen LogP contribution in [0.3, 0.4) is 0 Å². The van der Waals surface area contributed by atoms with Gasteiger partial charge in [-0.15, -0.1) is 0 Å². The summed E-state index contributed by atoms with van der Waals surface area (Å²) in [5.41, 5.74) is 12.6. The van der Waals surface area contributed by atoms with Gasteiger partial charge >= 0.3 is 0 Å². The van der Waals surface area contributed by atoms with Gasteiger partial charge in [0, 0.05) is 60.8 Å². The minimum atomic E-state index is 0.474.